The Bertz CT molecular complexity index is 2200. The molecule has 0 spiro atoms. The summed E-state index contributed by atoms with van der Waals surface area (Å²) in [6.45, 7) is 12.2. The zero-order valence-corrected chi connectivity index (χ0v) is 42.5. The van der Waals surface area contributed by atoms with Gasteiger partial charge in [0.05, 0.1) is 13.2 Å². The molecule has 71 heavy (non-hydrogen) atoms. The first-order valence-corrected chi connectivity index (χ1v) is 25.4. The zero-order valence-electron chi connectivity index (χ0n) is 42.5. The molecular formula is C58H77F5O8. The molecule has 13 heteroatoms. The van der Waals surface area contributed by atoms with Gasteiger partial charge in [-0.3, -0.25) is 0 Å². The third-order valence-corrected chi connectivity index (χ3v) is 14.5. The van der Waals surface area contributed by atoms with E-state index in [-0.39, 0.29) is 54.2 Å². The van der Waals surface area contributed by atoms with Gasteiger partial charge in [0.1, 0.15) is 34.5 Å². The van der Waals surface area contributed by atoms with Crippen LogP contribution in [0.25, 0.3) is 0 Å². The molecule has 2 aliphatic rings. The molecule has 2 N–H and O–H groups in total. The number of aromatic hydroxyl groups is 2. The molecule has 4 aromatic carbocycles. The van der Waals surface area contributed by atoms with E-state index >= 15 is 0 Å². The maximum absolute atomic E-state index is 12.9. The predicted octanol–water partition coefficient (Wildman–Crippen LogP) is 15.9. The topological polar surface area (TPSA) is 95.8 Å². The maximum atomic E-state index is 12.9. The first-order valence-electron chi connectivity index (χ1n) is 25.4. The number of fused-ring (bicyclic) bond motifs is 2. The smallest absolute Gasteiger partial charge is 0.453 e. The Balaban J connectivity index is 0.000000288. The number of alkyl halides is 5. The Hall–Kier alpha value is -5.01. The Kier molecular flexibility index (Phi) is 21.8. The third kappa shape index (κ3) is 16.0. The number of ether oxygens (including phenoxy) is 6. The van der Waals surface area contributed by atoms with Crippen molar-refractivity contribution in [2.45, 2.75) is 158 Å². The summed E-state index contributed by atoms with van der Waals surface area (Å²) in [5.41, 5.74) is 4.20. The highest BCUT2D eigenvalue weighted by atomic mass is 19.4. The normalized spacial score (nSPS) is 20.0. The van der Waals surface area contributed by atoms with Crippen LogP contribution in [0.5, 0.6) is 34.5 Å². The van der Waals surface area contributed by atoms with Crippen LogP contribution in [-0.4, -0.2) is 63.3 Å². The largest absolute Gasteiger partial charge is 0.508 e. The Morgan fingerprint density at radius 3 is 1.66 bits per heavy atom. The first-order chi connectivity index (χ1) is 34.0. The number of rotatable bonds is 27. The molecule has 2 heterocycles. The number of phenolic OH excluding ortho intramolecular Hbond substituents is 2. The van der Waals surface area contributed by atoms with Crippen LogP contribution in [0.4, 0.5) is 22.0 Å². The number of methoxy groups -OCH3 is 2. The number of halogens is 5. The van der Waals surface area contributed by atoms with E-state index in [0.29, 0.717) is 32.0 Å². The predicted molar refractivity (Wildman–Crippen MR) is 270 cm³/mol. The van der Waals surface area contributed by atoms with Gasteiger partial charge in [0.2, 0.25) is 0 Å². The lowest BCUT2D eigenvalue weighted by Crippen LogP contribution is -2.40. The molecule has 5 atom stereocenters. The molecule has 6 rings (SSSR count). The minimum atomic E-state index is -5.44. The molecule has 0 saturated heterocycles. The average Bonchev–Trinajstić information content (AvgIpc) is 3.34. The molecular weight excluding hydrogens is 920 g/mol. The van der Waals surface area contributed by atoms with Crippen LogP contribution in [0, 0.1) is 5.92 Å². The second-order valence-corrected chi connectivity index (χ2v) is 19.9. The molecule has 0 fully saturated rings. The number of allylic oxidation sites excluding steroid dienone is 1. The molecule has 1 unspecified atom stereocenters. The second kappa shape index (κ2) is 27.2. The number of phenols is 2. The van der Waals surface area contributed by atoms with Gasteiger partial charge in [-0.25, -0.2) is 0 Å². The van der Waals surface area contributed by atoms with Crippen molar-refractivity contribution in [1.29, 1.82) is 0 Å². The molecule has 0 aromatic heterocycles. The van der Waals surface area contributed by atoms with E-state index in [0.717, 1.165) is 91.1 Å². The molecule has 0 aliphatic carbocycles. The van der Waals surface area contributed by atoms with Crippen molar-refractivity contribution in [3.63, 3.8) is 0 Å². The lowest BCUT2D eigenvalue weighted by atomic mass is 9.66. The van der Waals surface area contributed by atoms with Crippen molar-refractivity contribution in [3.8, 4) is 34.5 Å². The van der Waals surface area contributed by atoms with Crippen molar-refractivity contribution in [1.82, 2.24) is 0 Å². The fourth-order valence-corrected chi connectivity index (χ4v) is 10.1. The lowest BCUT2D eigenvalue weighted by Gasteiger charge is -2.43. The van der Waals surface area contributed by atoms with Gasteiger partial charge >= 0.3 is 12.1 Å². The SMILES string of the molecule is C=CC[C@@H]1c2ccc(OCOC)cc2OC[C@]1(C)c1ccc(OCOC)cc1.CC(CCCCCCCCC[C@@H]1c2ccc(O)cc2OC[C@]1(C)c1ccc(O)cc1)CCCCCCC(F)(F)C(F)(F)F. The van der Waals surface area contributed by atoms with Crippen LogP contribution in [0.3, 0.4) is 0 Å². The number of hydrogen-bond acceptors (Lipinski definition) is 8. The second-order valence-electron chi connectivity index (χ2n) is 19.9. The van der Waals surface area contributed by atoms with Crippen LogP contribution in [0.1, 0.15) is 158 Å². The summed E-state index contributed by atoms with van der Waals surface area (Å²) in [7, 11) is 3.21. The van der Waals surface area contributed by atoms with Crippen molar-refractivity contribution in [3.05, 3.63) is 120 Å². The summed E-state index contributed by atoms with van der Waals surface area (Å²) >= 11 is 0. The van der Waals surface area contributed by atoms with Gasteiger partial charge in [-0.2, -0.15) is 22.0 Å². The Labute approximate surface area is 418 Å². The summed E-state index contributed by atoms with van der Waals surface area (Å²) in [5.74, 6) is 0.0379. The fourth-order valence-electron chi connectivity index (χ4n) is 10.1. The fraction of sp³-hybridized carbons (Fsp3) is 0.552. The molecule has 0 saturated carbocycles. The van der Waals surface area contributed by atoms with Gasteiger partial charge in [-0.1, -0.05) is 140 Å². The summed E-state index contributed by atoms with van der Waals surface area (Å²) in [6, 6.07) is 26.9. The van der Waals surface area contributed by atoms with E-state index in [1.807, 2.05) is 48.5 Å². The Morgan fingerprint density at radius 1 is 0.620 bits per heavy atom. The molecule has 0 amide bonds. The highest BCUT2D eigenvalue weighted by Gasteiger charge is 2.56. The van der Waals surface area contributed by atoms with Crippen molar-refractivity contribution < 1.29 is 60.6 Å². The van der Waals surface area contributed by atoms with Crippen LogP contribution in [0.15, 0.2) is 97.6 Å². The lowest BCUT2D eigenvalue weighted by molar-refractivity contribution is -0.284. The minimum Gasteiger partial charge on any atom is -0.508 e. The number of hydrogen-bond donors (Lipinski definition) is 2. The minimum absolute atomic E-state index is 0.0917. The molecule has 2 aliphatic heterocycles. The quantitative estimate of drug-likeness (QED) is 0.0264. The summed E-state index contributed by atoms with van der Waals surface area (Å²) in [6.07, 6.45) is 9.50. The van der Waals surface area contributed by atoms with E-state index in [2.05, 4.69) is 45.5 Å². The van der Waals surface area contributed by atoms with Gasteiger partial charge in [0, 0.05) is 55.4 Å². The maximum Gasteiger partial charge on any atom is 0.453 e. The van der Waals surface area contributed by atoms with E-state index in [1.165, 1.54) is 31.2 Å². The number of benzene rings is 4. The van der Waals surface area contributed by atoms with E-state index in [9.17, 15) is 32.2 Å². The van der Waals surface area contributed by atoms with Gasteiger partial charge in [-0.15, -0.1) is 6.58 Å². The highest BCUT2D eigenvalue weighted by Crippen LogP contribution is 2.51. The van der Waals surface area contributed by atoms with Crippen molar-refractivity contribution in [2.75, 3.05) is 41.0 Å². The van der Waals surface area contributed by atoms with Gasteiger partial charge in [0.25, 0.3) is 0 Å². The first kappa shape index (κ1) is 56.9. The molecule has 4 aromatic rings. The monoisotopic (exact) mass is 997 g/mol. The highest BCUT2D eigenvalue weighted by molar-refractivity contribution is 5.50. The summed E-state index contributed by atoms with van der Waals surface area (Å²) in [4.78, 5) is 0. The standard InChI is InChI=1S/C35H49F5O3.C23H28O5/c1-26(15-11-8-9-13-23-34(36,37)35(38,39)40)14-10-6-4-3-5-7-12-16-31-30-22-21-29(42)24-32(30)43-25-33(31,2)27-17-19-28(41)20-18-27;1-5-6-21-20-12-11-19(28-16-25-4)13-22(20)26-14-23(21,2)17-7-9-18(10-8-17)27-15-24-3/h17-22,24,26,31,41-42H,3-16,23,25H2,1-2H3;5,7-13,21H,1,6,14-16H2,2-4H3/t26?,31-,33-;21-,23-/m11/s1. The van der Waals surface area contributed by atoms with Crippen LogP contribution in [-0.2, 0) is 20.3 Å². The van der Waals surface area contributed by atoms with Crippen LogP contribution in [0.2, 0.25) is 0 Å². The van der Waals surface area contributed by atoms with Gasteiger partial charge < -0.3 is 38.6 Å². The summed E-state index contributed by atoms with van der Waals surface area (Å²) in [5, 5.41) is 19.8. The third-order valence-electron chi connectivity index (χ3n) is 14.5. The molecule has 392 valence electrons. The average molecular weight is 997 g/mol. The van der Waals surface area contributed by atoms with Crippen LogP contribution >= 0.6 is 0 Å². The van der Waals surface area contributed by atoms with Crippen molar-refractivity contribution in [2.24, 2.45) is 5.92 Å². The molecule has 0 bridgehead atoms. The van der Waals surface area contributed by atoms with Gasteiger partial charge in [0.15, 0.2) is 13.6 Å². The summed E-state index contributed by atoms with van der Waals surface area (Å²) < 4.78 is 95.8. The number of unbranched alkanes of at least 4 members (excludes halogenated alkanes) is 9. The van der Waals surface area contributed by atoms with E-state index in [4.69, 9.17) is 28.4 Å². The van der Waals surface area contributed by atoms with E-state index < -0.39 is 18.5 Å². The van der Waals surface area contributed by atoms with Crippen LogP contribution < -0.4 is 18.9 Å². The molecule has 0 radical (unpaired) electrons. The van der Waals surface area contributed by atoms with Gasteiger partial charge in [-0.05, 0) is 83.8 Å². The zero-order chi connectivity index (χ0) is 51.5. The Morgan fingerprint density at radius 2 is 1.08 bits per heavy atom. The molecule has 8 nitrogen and oxygen atoms in total. The van der Waals surface area contributed by atoms with Crippen molar-refractivity contribution >= 4 is 0 Å². The van der Waals surface area contributed by atoms with E-state index in [1.54, 1.807) is 38.5 Å².